The Bertz CT molecular complexity index is 372. The van der Waals surface area contributed by atoms with E-state index < -0.39 is 11.4 Å². The van der Waals surface area contributed by atoms with Crippen molar-refractivity contribution >= 4 is 11.9 Å². The number of hydrogen-bond acceptors (Lipinski definition) is 3. The van der Waals surface area contributed by atoms with Crippen molar-refractivity contribution in [1.82, 2.24) is 9.80 Å². The lowest BCUT2D eigenvalue weighted by atomic mass is 9.81. The molecule has 0 radical (unpaired) electrons. The maximum Gasteiger partial charge on any atom is 0.311 e. The predicted octanol–water partition coefficient (Wildman–Crippen LogP) is 1.04. The molecule has 1 heterocycles. The smallest absolute Gasteiger partial charge is 0.311 e. The summed E-state index contributed by atoms with van der Waals surface area (Å²) >= 11 is 0. The van der Waals surface area contributed by atoms with Gasteiger partial charge >= 0.3 is 5.97 Å². The van der Waals surface area contributed by atoms with Crippen LogP contribution >= 0.6 is 0 Å². The molecule has 108 valence electrons. The van der Waals surface area contributed by atoms with Crippen molar-refractivity contribution in [3.8, 4) is 0 Å². The van der Waals surface area contributed by atoms with Crippen LogP contribution in [0.25, 0.3) is 0 Å². The van der Waals surface area contributed by atoms with Crippen LogP contribution in [0.2, 0.25) is 0 Å². The van der Waals surface area contributed by atoms with Crippen molar-refractivity contribution in [1.29, 1.82) is 0 Å². The second-order valence-corrected chi connectivity index (χ2v) is 6.06. The van der Waals surface area contributed by atoms with Gasteiger partial charge in [-0.15, -0.1) is 0 Å². The number of carboxylic acids is 1. The van der Waals surface area contributed by atoms with Crippen LogP contribution in [0, 0.1) is 11.3 Å². The molecule has 0 unspecified atom stereocenters. The number of carboxylic acid groups (broad SMARTS) is 1. The molecule has 2 atom stereocenters. The number of aliphatic carboxylic acids is 1. The summed E-state index contributed by atoms with van der Waals surface area (Å²) in [7, 11) is 1.94. The number of fused-ring (bicyclic) bond motifs is 1. The fourth-order valence-electron chi connectivity index (χ4n) is 3.62. The Balaban J connectivity index is 1.98. The Hall–Kier alpha value is -1.10. The molecule has 2 rings (SSSR count). The van der Waals surface area contributed by atoms with Crippen LogP contribution in [0.1, 0.15) is 32.6 Å². The summed E-state index contributed by atoms with van der Waals surface area (Å²) in [6, 6.07) is 0. The predicted molar refractivity (Wildman–Crippen MR) is 71.8 cm³/mol. The molecule has 19 heavy (non-hydrogen) atoms. The normalized spacial score (nSPS) is 29.8. The molecule has 1 saturated carbocycles. The molecular formula is C14H24N2O3. The van der Waals surface area contributed by atoms with Gasteiger partial charge in [0.2, 0.25) is 5.91 Å². The summed E-state index contributed by atoms with van der Waals surface area (Å²) in [4.78, 5) is 27.5. The van der Waals surface area contributed by atoms with E-state index in [2.05, 4.69) is 6.92 Å². The maximum atomic E-state index is 12.2. The van der Waals surface area contributed by atoms with Crippen LogP contribution in [0.5, 0.6) is 0 Å². The highest BCUT2D eigenvalue weighted by molar-refractivity contribution is 5.82. The number of amides is 1. The second kappa shape index (κ2) is 5.49. The standard InChI is InChI=1S/C14H24N2O3/c1-3-7-15(2)9-12(17)16-8-11-5-4-6-14(11,10-16)13(18)19/h11H,3-10H2,1-2H3,(H,18,19)/t11-,14+/m0/s1. The fraction of sp³-hybridized carbons (Fsp3) is 0.857. The molecule has 0 bridgehead atoms. The van der Waals surface area contributed by atoms with Crippen LogP contribution in [0.3, 0.4) is 0 Å². The van der Waals surface area contributed by atoms with E-state index in [1.807, 2.05) is 11.9 Å². The van der Waals surface area contributed by atoms with Gasteiger partial charge in [-0.3, -0.25) is 14.5 Å². The highest BCUT2D eigenvalue weighted by atomic mass is 16.4. The lowest BCUT2D eigenvalue weighted by molar-refractivity contribution is -0.149. The number of hydrogen-bond donors (Lipinski definition) is 1. The van der Waals surface area contributed by atoms with E-state index in [1.54, 1.807) is 4.90 Å². The molecule has 1 aliphatic heterocycles. The van der Waals surface area contributed by atoms with Crippen LogP contribution in [0.4, 0.5) is 0 Å². The van der Waals surface area contributed by atoms with Gasteiger partial charge in [-0.1, -0.05) is 13.3 Å². The molecule has 0 aromatic carbocycles. The topological polar surface area (TPSA) is 60.9 Å². The summed E-state index contributed by atoms with van der Waals surface area (Å²) in [6.45, 7) is 4.42. The Morgan fingerprint density at radius 1 is 1.47 bits per heavy atom. The van der Waals surface area contributed by atoms with E-state index in [0.29, 0.717) is 19.6 Å². The third-order valence-electron chi connectivity index (χ3n) is 4.66. The molecule has 5 nitrogen and oxygen atoms in total. The first-order chi connectivity index (χ1) is 8.99. The Morgan fingerprint density at radius 3 is 2.79 bits per heavy atom. The van der Waals surface area contributed by atoms with Gasteiger partial charge in [-0.05, 0) is 38.8 Å². The molecule has 1 saturated heterocycles. The van der Waals surface area contributed by atoms with Gasteiger partial charge in [-0.2, -0.15) is 0 Å². The van der Waals surface area contributed by atoms with Crippen molar-refractivity contribution in [2.24, 2.45) is 11.3 Å². The van der Waals surface area contributed by atoms with Crippen LogP contribution in [-0.2, 0) is 9.59 Å². The lowest BCUT2D eigenvalue weighted by Crippen LogP contribution is -2.41. The molecule has 1 aliphatic carbocycles. The quantitative estimate of drug-likeness (QED) is 0.809. The van der Waals surface area contributed by atoms with E-state index >= 15 is 0 Å². The monoisotopic (exact) mass is 268 g/mol. The van der Waals surface area contributed by atoms with Crippen molar-refractivity contribution < 1.29 is 14.7 Å². The second-order valence-electron chi connectivity index (χ2n) is 6.06. The number of carbonyl (C=O) groups is 2. The van der Waals surface area contributed by atoms with Crippen molar-refractivity contribution in [3.05, 3.63) is 0 Å². The van der Waals surface area contributed by atoms with E-state index in [-0.39, 0.29) is 11.8 Å². The average Bonchev–Trinajstić information content (AvgIpc) is 2.85. The molecule has 0 aromatic rings. The number of likely N-dealkylation sites (tertiary alicyclic amines) is 1. The minimum Gasteiger partial charge on any atom is -0.481 e. The third-order valence-corrected chi connectivity index (χ3v) is 4.66. The van der Waals surface area contributed by atoms with E-state index in [1.165, 1.54) is 0 Å². The average molecular weight is 268 g/mol. The number of likely N-dealkylation sites (N-methyl/N-ethyl adjacent to an activating group) is 1. The van der Waals surface area contributed by atoms with Gasteiger partial charge in [0.1, 0.15) is 0 Å². The van der Waals surface area contributed by atoms with Gasteiger partial charge in [0.25, 0.3) is 0 Å². The maximum absolute atomic E-state index is 12.2. The van der Waals surface area contributed by atoms with Gasteiger partial charge in [-0.25, -0.2) is 0 Å². The first-order valence-corrected chi connectivity index (χ1v) is 7.19. The van der Waals surface area contributed by atoms with Gasteiger partial charge < -0.3 is 10.0 Å². The van der Waals surface area contributed by atoms with Crippen molar-refractivity contribution in [3.63, 3.8) is 0 Å². The van der Waals surface area contributed by atoms with Crippen LogP contribution in [0.15, 0.2) is 0 Å². The van der Waals surface area contributed by atoms with Crippen LogP contribution in [-0.4, -0.2) is 60.0 Å². The number of rotatable bonds is 5. The summed E-state index contributed by atoms with van der Waals surface area (Å²) in [5.74, 6) is -0.483. The first kappa shape index (κ1) is 14.3. The Labute approximate surface area is 114 Å². The third kappa shape index (κ3) is 2.61. The molecule has 1 amide bonds. The van der Waals surface area contributed by atoms with Crippen LogP contribution < -0.4 is 0 Å². The Kier molecular flexibility index (Phi) is 4.13. The minimum atomic E-state index is -0.716. The fourth-order valence-corrected chi connectivity index (χ4v) is 3.62. The zero-order valence-corrected chi connectivity index (χ0v) is 11.9. The lowest BCUT2D eigenvalue weighted by Gasteiger charge is -2.24. The van der Waals surface area contributed by atoms with E-state index in [4.69, 9.17) is 0 Å². The molecular weight excluding hydrogens is 244 g/mol. The summed E-state index contributed by atoms with van der Waals surface area (Å²) in [5, 5.41) is 9.49. The first-order valence-electron chi connectivity index (χ1n) is 7.19. The zero-order chi connectivity index (χ0) is 14.0. The number of carbonyl (C=O) groups excluding carboxylic acids is 1. The van der Waals surface area contributed by atoms with Crippen molar-refractivity contribution in [2.45, 2.75) is 32.6 Å². The summed E-state index contributed by atoms with van der Waals surface area (Å²) in [5.41, 5.74) is -0.654. The number of nitrogens with zero attached hydrogens (tertiary/aromatic N) is 2. The van der Waals surface area contributed by atoms with Gasteiger partial charge in [0.05, 0.1) is 12.0 Å². The van der Waals surface area contributed by atoms with E-state index in [0.717, 1.165) is 32.2 Å². The highest BCUT2D eigenvalue weighted by Gasteiger charge is 2.55. The van der Waals surface area contributed by atoms with Crippen molar-refractivity contribution in [2.75, 3.05) is 33.2 Å². The SMILES string of the molecule is CCCN(C)CC(=O)N1C[C@@H]2CCC[C@@]2(C(=O)O)C1. The van der Waals surface area contributed by atoms with Gasteiger partial charge in [0, 0.05) is 13.1 Å². The molecule has 0 spiro atoms. The minimum absolute atomic E-state index is 0.0750. The molecule has 1 N–H and O–H groups in total. The van der Waals surface area contributed by atoms with E-state index in [9.17, 15) is 14.7 Å². The Morgan fingerprint density at radius 2 is 2.21 bits per heavy atom. The molecule has 0 aromatic heterocycles. The summed E-state index contributed by atoms with van der Waals surface area (Å²) < 4.78 is 0. The molecule has 2 aliphatic rings. The zero-order valence-electron chi connectivity index (χ0n) is 11.9. The molecule has 5 heteroatoms. The summed E-state index contributed by atoms with van der Waals surface area (Å²) in [6.07, 6.45) is 3.67. The molecule has 2 fully saturated rings. The largest absolute Gasteiger partial charge is 0.481 e. The van der Waals surface area contributed by atoms with Gasteiger partial charge in [0.15, 0.2) is 0 Å². The highest BCUT2D eigenvalue weighted by Crippen LogP contribution is 2.48.